The molecule has 3 N–H and O–H groups in total. The quantitative estimate of drug-likeness (QED) is 0.767. The largest absolute Gasteiger partial charge is 0.491 e. The lowest BCUT2D eigenvalue weighted by molar-refractivity contribution is -0.125. The number of benzene rings is 1. The summed E-state index contributed by atoms with van der Waals surface area (Å²) in [6, 6.07) is 7.94. The summed E-state index contributed by atoms with van der Waals surface area (Å²) >= 11 is 0. The van der Waals surface area contributed by atoms with E-state index in [-0.39, 0.29) is 6.61 Å². The third kappa shape index (κ3) is 4.53. The summed E-state index contributed by atoms with van der Waals surface area (Å²) in [5, 5.41) is 3.15. The Bertz CT molecular complexity index is 429. The summed E-state index contributed by atoms with van der Waals surface area (Å²) in [6.45, 7) is 9.06. The highest BCUT2D eigenvalue weighted by Crippen LogP contribution is 2.19. The SMILES string of the molecule is CCCNC(C)(COc1ccc(C(C)C)cc1)C(N)=O. The van der Waals surface area contributed by atoms with Crippen LogP contribution >= 0.6 is 0 Å². The highest BCUT2D eigenvalue weighted by molar-refractivity contribution is 5.84. The predicted molar refractivity (Wildman–Crippen MR) is 81.9 cm³/mol. The average molecular weight is 278 g/mol. The normalized spacial score (nSPS) is 14.1. The summed E-state index contributed by atoms with van der Waals surface area (Å²) in [5.41, 5.74) is 5.88. The molecule has 0 radical (unpaired) electrons. The molecule has 0 aliphatic carbocycles. The van der Waals surface area contributed by atoms with E-state index >= 15 is 0 Å². The van der Waals surface area contributed by atoms with Gasteiger partial charge in [0.05, 0.1) is 0 Å². The zero-order valence-corrected chi connectivity index (χ0v) is 12.9. The van der Waals surface area contributed by atoms with Crippen LogP contribution in [0.25, 0.3) is 0 Å². The topological polar surface area (TPSA) is 64.3 Å². The maximum Gasteiger partial charge on any atom is 0.240 e. The van der Waals surface area contributed by atoms with E-state index in [1.807, 2.05) is 31.2 Å². The number of carbonyl (C=O) groups is 1. The Balaban J connectivity index is 2.65. The van der Waals surface area contributed by atoms with Crippen LogP contribution in [0, 0.1) is 0 Å². The molecule has 1 aromatic rings. The summed E-state index contributed by atoms with van der Waals surface area (Å²) in [4.78, 5) is 11.6. The van der Waals surface area contributed by atoms with Crippen LogP contribution in [0.2, 0.25) is 0 Å². The molecule has 0 aliphatic heterocycles. The number of hydrogen-bond donors (Lipinski definition) is 2. The molecule has 20 heavy (non-hydrogen) atoms. The van der Waals surface area contributed by atoms with Gasteiger partial charge in [0.2, 0.25) is 5.91 Å². The van der Waals surface area contributed by atoms with Gasteiger partial charge in [-0.05, 0) is 43.5 Å². The number of nitrogens with two attached hydrogens (primary N) is 1. The molecule has 1 aromatic carbocycles. The fourth-order valence-electron chi connectivity index (χ4n) is 1.79. The van der Waals surface area contributed by atoms with Crippen molar-refractivity contribution < 1.29 is 9.53 Å². The van der Waals surface area contributed by atoms with E-state index in [0.29, 0.717) is 5.92 Å². The minimum atomic E-state index is -0.841. The van der Waals surface area contributed by atoms with Crippen LogP contribution in [0.3, 0.4) is 0 Å². The van der Waals surface area contributed by atoms with Crippen molar-refractivity contribution in [2.75, 3.05) is 13.2 Å². The Kier molecular flexibility index (Phi) is 6.02. The smallest absolute Gasteiger partial charge is 0.240 e. The second-order valence-electron chi connectivity index (χ2n) is 5.64. The Morgan fingerprint density at radius 1 is 1.35 bits per heavy atom. The van der Waals surface area contributed by atoms with Crippen LogP contribution in [0.15, 0.2) is 24.3 Å². The van der Waals surface area contributed by atoms with Crippen molar-refractivity contribution in [3.05, 3.63) is 29.8 Å². The first-order chi connectivity index (χ1) is 9.39. The van der Waals surface area contributed by atoms with Crippen molar-refractivity contribution in [1.82, 2.24) is 5.32 Å². The van der Waals surface area contributed by atoms with Crippen LogP contribution in [-0.2, 0) is 4.79 Å². The lowest BCUT2D eigenvalue weighted by Crippen LogP contribution is -2.57. The fraction of sp³-hybridized carbons (Fsp3) is 0.562. The monoisotopic (exact) mass is 278 g/mol. The first-order valence-corrected chi connectivity index (χ1v) is 7.16. The van der Waals surface area contributed by atoms with E-state index in [0.717, 1.165) is 18.7 Å². The summed E-state index contributed by atoms with van der Waals surface area (Å²) in [7, 11) is 0. The Morgan fingerprint density at radius 3 is 2.40 bits per heavy atom. The molecule has 1 unspecified atom stereocenters. The second kappa shape index (κ2) is 7.29. The van der Waals surface area contributed by atoms with Crippen LogP contribution in [0.4, 0.5) is 0 Å². The Labute approximate surface area is 121 Å². The molecule has 112 valence electrons. The average Bonchev–Trinajstić information content (AvgIpc) is 2.43. The van der Waals surface area contributed by atoms with Gasteiger partial charge in [0.1, 0.15) is 17.9 Å². The molecular weight excluding hydrogens is 252 g/mol. The van der Waals surface area contributed by atoms with Gasteiger partial charge < -0.3 is 15.8 Å². The molecule has 4 heteroatoms. The molecule has 0 aromatic heterocycles. The van der Waals surface area contributed by atoms with Gasteiger partial charge in [0, 0.05) is 0 Å². The molecule has 0 heterocycles. The molecule has 0 aliphatic rings. The van der Waals surface area contributed by atoms with Gasteiger partial charge >= 0.3 is 0 Å². The second-order valence-corrected chi connectivity index (χ2v) is 5.64. The van der Waals surface area contributed by atoms with E-state index in [2.05, 4.69) is 19.2 Å². The molecule has 0 spiro atoms. The fourth-order valence-corrected chi connectivity index (χ4v) is 1.79. The maximum absolute atomic E-state index is 11.6. The molecule has 0 saturated heterocycles. The van der Waals surface area contributed by atoms with E-state index in [4.69, 9.17) is 10.5 Å². The van der Waals surface area contributed by atoms with Gasteiger partial charge in [-0.2, -0.15) is 0 Å². The molecule has 1 amide bonds. The van der Waals surface area contributed by atoms with Gasteiger partial charge in [-0.15, -0.1) is 0 Å². The third-order valence-corrected chi connectivity index (χ3v) is 3.38. The highest BCUT2D eigenvalue weighted by Gasteiger charge is 2.31. The maximum atomic E-state index is 11.6. The minimum absolute atomic E-state index is 0.226. The van der Waals surface area contributed by atoms with Crippen molar-refractivity contribution in [2.24, 2.45) is 5.73 Å². The number of amides is 1. The van der Waals surface area contributed by atoms with E-state index < -0.39 is 11.4 Å². The molecule has 0 fully saturated rings. The highest BCUT2D eigenvalue weighted by atomic mass is 16.5. The lowest BCUT2D eigenvalue weighted by atomic mass is 10.0. The summed E-state index contributed by atoms with van der Waals surface area (Å²) < 4.78 is 5.70. The first kappa shape index (κ1) is 16.5. The number of hydrogen-bond acceptors (Lipinski definition) is 3. The minimum Gasteiger partial charge on any atom is -0.491 e. The Morgan fingerprint density at radius 2 is 1.95 bits per heavy atom. The number of rotatable bonds is 8. The number of nitrogens with one attached hydrogen (secondary N) is 1. The van der Waals surface area contributed by atoms with Crippen molar-refractivity contribution in [3.8, 4) is 5.75 Å². The van der Waals surface area contributed by atoms with Gasteiger partial charge in [-0.25, -0.2) is 0 Å². The number of primary amides is 1. The molecule has 4 nitrogen and oxygen atoms in total. The zero-order valence-electron chi connectivity index (χ0n) is 12.9. The summed E-state index contributed by atoms with van der Waals surface area (Å²) in [6.07, 6.45) is 0.936. The van der Waals surface area contributed by atoms with Crippen LogP contribution in [-0.4, -0.2) is 24.6 Å². The van der Waals surface area contributed by atoms with Crippen LogP contribution in [0.1, 0.15) is 45.6 Å². The molecule has 0 saturated carbocycles. The molecule has 1 rings (SSSR count). The first-order valence-electron chi connectivity index (χ1n) is 7.16. The Hall–Kier alpha value is -1.55. The van der Waals surface area contributed by atoms with Crippen molar-refractivity contribution in [1.29, 1.82) is 0 Å². The standard InChI is InChI=1S/C16H26N2O2/c1-5-10-18-16(4,15(17)19)11-20-14-8-6-13(7-9-14)12(2)3/h6-9,12,18H,5,10-11H2,1-4H3,(H2,17,19). The number of carbonyl (C=O) groups excluding carboxylic acids is 1. The third-order valence-electron chi connectivity index (χ3n) is 3.38. The van der Waals surface area contributed by atoms with E-state index in [1.165, 1.54) is 5.56 Å². The van der Waals surface area contributed by atoms with Gasteiger partial charge in [0.25, 0.3) is 0 Å². The van der Waals surface area contributed by atoms with Crippen LogP contribution in [0.5, 0.6) is 5.75 Å². The number of ether oxygens (including phenoxy) is 1. The predicted octanol–water partition coefficient (Wildman–Crippen LogP) is 2.43. The molecule has 0 bridgehead atoms. The van der Waals surface area contributed by atoms with Crippen molar-refractivity contribution >= 4 is 5.91 Å². The molecular formula is C16H26N2O2. The zero-order chi connectivity index (χ0) is 15.2. The van der Waals surface area contributed by atoms with E-state index in [1.54, 1.807) is 6.92 Å². The molecule has 1 atom stereocenters. The van der Waals surface area contributed by atoms with E-state index in [9.17, 15) is 4.79 Å². The van der Waals surface area contributed by atoms with Crippen LogP contribution < -0.4 is 15.8 Å². The van der Waals surface area contributed by atoms with Gasteiger partial charge in [-0.1, -0.05) is 32.9 Å². The van der Waals surface area contributed by atoms with Gasteiger partial charge in [-0.3, -0.25) is 4.79 Å². The van der Waals surface area contributed by atoms with Crippen molar-refractivity contribution in [3.63, 3.8) is 0 Å². The summed E-state index contributed by atoms with van der Waals surface area (Å²) in [5.74, 6) is 0.844. The van der Waals surface area contributed by atoms with Gasteiger partial charge in [0.15, 0.2) is 0 Å². The van der Waals surface area contributed by atoms with Crippen molar-refractivity contribution in [2.45, 2.75) is 45.6 Å². The lowest BCUT2D eigenvalue weighted by Gasteiger charge is -2.27.